The molecule has 2 aliphatic rings. The van der Waals surface area contributed by atoms with E-state index in [0.29, 0.717) is 18.0 Å². The van der Waals surface area contributed by atoms with Gasteiger partial charge in [0.1, 0.15) is 11.4 Å². The van der Waals surface area contributed by atoms with Gasteiger partial charge in [-0.25, -0.2) is 9.59 Å². The molecule has 2 N–H and O–H groups in total. The van der Waals surface area contributed by atoms with Crippen molar-refractivity contribution < 1.29 is 37.8 Å². The number of rotatable bonds is 8. The van der Waals surface area contributed by atoms with Crippen LogP contribution in [0, 0.1) is 5.92 Å². The van der Waals surface area contributed by atoms with Crippen molar-refractivity contribution in [1.82, 2.24) is 4.90 Å². The van der Waals surface area contributed by atoms with E-state index in [1.165, 1.54) is 19.3 Å². The second kappa shape index (κ2) is 13.1. The number of hydrogen-bond acceptors (Lipinski definition) is 4. The molecule has 1 unspecified atom stereocenters. The van der Waals surface area contributed by atoms with Crippen LogP contribution in [0.1, 0.15) is 81.1 Å². The highest BCUT2D eigenvalue weighted by atomic mass is 19.4. The third-order valence-electron chi connectivity index (χ3n) is 7.51. The zero-order valence-electron chi connectivity index (χ0n) is 22.7. The van der Waals surface area contributed by atoms with Crippen LogP contribution in [0.15, 0.2) is 53.5 Å². The zero-order chi connectivity index (χ0) is 29.5. The Hall–Kier alpha value is -3.69. The molecule has 1 heterocycles. The van der Waals surface area contributed by atoms with Crippen LogP contribution in [0.5, 0.6) is 0 Å². The van der Waals surface area contributed by atoms with Crippen molar-refractivity contribution in [2.75, 3.05) is 0 Å². The summed E-state index contributed by atoms with van der Waals surface area (Å²) in [6.07, 6.45) is 3.63. The predicted octanol–water partition coefficient (Wildman–Crippen LogP) is 6.96. The van der Waals surface area contributed by atoms with Gasteiger partial charge >= 0.3 is 18.1 Å². The quantitative estimate of drug-likeness (QED) is 0.363. The third-order valence-corrected chi connectivity index (χ3v) is 7.51. The van der Waals surface area contributed by atoms with Gasteiger partial charge in [0, 0.05) is 6.42 Å². The van der Waals surface area contributed by atoms with Crippen molar-refractivity contribution in [1.29, 1.82) is 0 Å². The van der Waals surface area contributed by atoms with Gasteiger partial charge in [-0.05, 0) is 54.9 Å². The van der Waals surface area contributed by atoms with Crippen LogP contribution >= 0.6 is 0 Å². The molecule has 216 valence electrons. The number of aromatic carboxylic acids is 1. The lowest BCUT2D eigenvalue weighted by Crippen LogP contribution is -2.45. The number of nitrogens with zero attached hydrogens (tertiary/aromatic N) is 2. The highest BCUT2D eigenvalue weighted by molar-refractivity contribution is 6.08. The number of carboxylic acid groups (broad SMARTS) is 2. The number of benzene rings is 2. The molecule has 0 saturated heterocycles. The summed E-state index contributed by atoms with van der Waals surface area (Å²) in [5.74, 6) is -2.30. The Labute approximate surface area is 231 Å². The van der Waals surface area contributed by atoms with E-state index in [4.69, 9.17) is 14.9 Å². The molecule has 0 spiro atoms. The summed E-state index contributed by atoms with van der Waals surface area (Å²) in [7, 11) is 0. The summed E-state index contributed by atoms with van der Waals surface area (Å²) in [5.41, 5.74) is 2.23. The Balaban J connectivity index is 0.000000559. The molecule has 1 fully saturated rings. The molecule has 0 radical (unpaired) electrons. The first-order valence-corrected chi connectivity index (χ1v) is 13.5. The van der Waals surface area contributed by atoms with Crippen LogP contribution in [0.2, 0.25) is 0 Å². The molecule has 1 atom stereocenters. The lowest BCUT2D eigenvalue weighted by molar-refractivity contribution is -0.192. The maximum atomic E-state index is 13.7. The number of aliphatic imine (C=N–C) groups is 1. The van der Waals surface area contributed by atoms with Crippen molar-refractivity contribution >= 4 is 23.7 Å². The Morgan fingerprint density at radius 3 is 2.17 bits per heavy atom. The number of unbranched alkanes of at least 4 members (excludes halogenated alkanes) is 1. The molecule has 2 aromatic rings. The largest absolute Gasteiger partial charge is 0.490 e. The molecular weight excluding hydrogens is 525 g/mol. The molecule has 4 rings (SSSR count). The number of alkyl halides is 3. The highest BCUT2D eigenvalue weighted by Crippen LogP contribution is 2.40. The van der Waals surface area contributed by atoms with Crippen LogP contribution < -0.4 is 0 Å². The van der Waals surface area contributed by atoms with E-state index in [1.807, 2.05) is 48.2 Å². The van der Waals surface area contributed by atoms with Gasteiger partial charge in [0.2, 0.25) is 0 Å². The predicted molar refractivity (Wildman–Crippen MR) is 145 cm³/mol. The van der Waals surface area contributed by atoms with E-state index in [1.54, 1.807) is 12.1 Å². The van der Waals surface area contributed by atoms with Crippen LogP contribution in [0.25, 0.3) is 11.1 Å². The molecule has 2 aromatic carbocycles. The number of amides is 1. The maximum absolute atomic E-state index is 13.7. The van der Waals surface area contributed by atoms with Gasteiger partial charge in [-0.3, -0.25) is 14.7 Å². The van der Waals surface area contributed by atoms with Crippen molar-refractivity contribution in [3.05, 3.63) is 59.7 Å². The summed E-state index contributed by atoms with van der Waals surface area (Å²) in [5, 5.41) is 16.6. The summed E-state index contributed by atoms with van der Waals surface area (Å²) < 4.78 is 31.7. The van der Waals surface area contributed by atoms with E-state index in [9.17, 15) is 27.9 Å². The van der Waals surface area contributed by atoms with Gasteiger partial charge in [-0.1, -0.05) is 75.1 Å². The standard InChI is InChI=1S/C28H34N2O3.C2HF3O2/c1-3-4-14-25-29-28(2,22-10-6-5-7-11-22)27(33)30(25)19-20-15-17-21(18-16-20)23-12-8-9-13-24(23)26(31)32;3-2(4,5)1(6)7/h8-9,12-13,15-18,22H,3-7,10-11,14,19H2,1-2H3,(H,31,32);(H,6,7). The summed E-state index contributed by atoms with van der Waals surface area (Å²) >= 11 is 0. The summed E-state index contributed by atoms with van der Waals surface area (Å²) in [6, 6.07) is 14.9. The molecular formula is C30H35F3N2O5. The minimum atomic E-state index is -5.08. The SMILES string of the molecule is CCCCC1=NC(C)(C2CCCCC2)C(=O)N1Cc1ccc(-c2ccccc2C(=O)O)cc1.O=C(O)C(F)(F)F. The first-order valence-electron chi connectivity index (χ1n) is 13.5. The van der Waals surface area contributed by atoms with E-state index in [-0.39, 0.29) is 11.5 Å². The number of halogens is 3. The maximum Gasteiger partial charge on any atom is 0.490 e. The van der Waals surface area contributed by atoms with Crippen molar-refractivity contribution in [3.63, 3.8) is 0 Å². The molecule has 1 aliphatic heterocycles. The molecule has 0 bridgehead atoms. The smallest absolute Gasteiger partial charge is 0.478 e. The number of carboxylic acids is 2. The Morgan fingerprint density at radius 2 is 1.62 bits per heavy atom. The highest BCUT2D eigenvalue weighted by Gasteiger charge is 2.49. The minimum Gasteiger partial charge on any atom is -0.478 e. The number of aliphatic carboxylic acids is 1. The van der Waals surface area contributed by atoms with Gasteiger partial charge < -0.3 is 10.2 Å². The second-order valence-electron chi connectivity index (χ2n) is 10.4. The van der Waals surface area contributed by atoms with E-state index >= 15 is 0 Å². The Morgan fingerprint density at radius 1 is 1.02 bits per heavy atom. The van der Waals surface area contributed by atoms with Crippen molar-refractivity contribution in [3.8, 4) is 11.1 Å². The first kappa shape index (κ1) is 30.8. The summed E-state index contributed by atoms with van der Waals surface area (Å²) in [6.45, 7) is 4.71. The number of hydrogen-bond donors (Lipinski definition) is 2. The third kappa shape index (κ3) is 7.28. The number of carbonyl (C=O) groups excluding carboxylic acids is 1. The number of carbonyl (C=O) groups is 3. The Kier molecular flexibility index (Phi) is 10.1. The summed E-state index contributed by atoms with van der Waals surface area (Å²) in [4.78, 5) is 41.1. The van der Waals surface area contributed by atoms with Gasteiger partial charge in [-0.15, -0.1) is 0 Å². The van der Waals surface area contributed by atoms with Crippen molar-refractivity contribution in [2.24, 2.45) is 10.9 Å². The zero-order valence-corrected chi connectivity index (χ0v) is 22.7. The fourth-order valence-electron chi connectivity index (χ4n) is 5.28. The molecule has 0 aromatic heterocycles. The average molecular weight is 561 g/mol. The first-order chi connectivity index (χ1) is 18.9. The monoisotopic (exact) mass is 560 g/mol. The molecule has 1 aliphatic carbocycles. The average Bonchev–Trinajstić information content (AvgIpc) is 3.18. The van der Waals surface area contributed by atoms with Crippen LogP contribution in [-0.2, 0) is 16.1 Å². The van der Waals surface area contributed by atoms with E-state index in [2.05, 4.69) is 6.92 Å². The lowest BCUT2D eigenvalue weighted by atomic mass is 9.75. The fourth-order valence-corrected chi connectivity index (χ4v) is 5.28. The van der Waals surface area contributed by atoms with Gasteiger partial charge in [0.25, 0.3) is 5.91 Å². The Bertz CT molecular complexity index is 1240. The molecule has 1 saturated carbocycles. The van der Waals surface area contributed by atoms with E-state index < -0.39 is 23.7 Å². The number of amidine groups is 1. The molecule has 40 heavy (non-hydrogen) atoms. The van der Waals surface area contributed by atoms with Crippen LogP contribution in [0.3, 0.4) is 0 Å². The van der Waals surface area contributed by atoms with Crippen LogP contribution in [-0.4, -0.2) is 50.5 Å². The van der Waals surface area contributed by atoms with Gasteiger partial charge in [0.15, 0.2) is 0 Å². The normalized spacial score (nSPS) is 19.6. The van der Waals surface area contributed by atoms with Gasteiger partial charge in [0.05, 0.1) is 12.1 Å². The minimum absolute atomic E-state index is 0.140. The van der Waals surface area contributed by atoms with Gasteiger partial charge in [-0.2, -0.15) is 13.2 Å². The van der Waals surface area contributed by atoms with Crippen LogP contribution in [0.4, 0.5) is 13.2 Å². The van der Waals surface area contributed by atoms with Crippen molar-refractivity contribution in [2.45, 2.75) is 83.5 Å². The molecule has 7 nitrogen and oxygen atoms in total. The molecule has 1 amide bonds. The molecule has 10 heteroatoms. The lowest BCUT2D eigenvalue weighted by Gasteiger charge is -2.33. The van der Waals surface area contributed by atoms with E-state index in [0.717, 1.165) is 49.1 Å². The second-order valence-corrected chi connectivity index (χ2v) is 10.4. The fraction of sp³-hybridized carbons (Fsp3) is 0.467. The topological polar surface area (TPSA) is 107 Å².